The van der Waals surface area contributed by atoms with Crippen molar-refractivity contribution in [1.29, 1.82) is 0 Å². The maximum Gasteiger partial charge on any atom is 0.341 e. The van der Waals surface area contributed by atoms with Crippen LogP contribution in [0.25, 0.3) is 0 Å². The molecule has 24 heavy (non-hydrogen) atoms. The number of hydrogen-bond acceptors (Lipinski definition) is 5. The lowest BCUT2D eigenvalue weighted by molar-refractivity contribution is -0.118. The molecule has 6 nitrogen and oxygen atoms in total. The number of phenols is 1. The van der Waals surface area contributed by atoms with Crippen LogP contribution in [0.3, 0.4) is 0 Å². The first-order chi connectivity index (χ1) is 11.4. The van der Waals surface area contributed by atoms with E-state index >= 15 is 0 Å². The van der Waals surface area contributed by atoms with Gasteiger partial charge in [-0.25, -0.2) is 4.79 Å². The molecule has 0 aliphatic heterocycles. The van der Waals surface area contributed by atoms with E-state index in [1.807, 2.05) is 0 Å². The highest BCUT2D eigenvalue weighted by atomic mass is 35.5. The molecule has 0 unspecified atom stereocenters. The number of aromatic hydroxyl groups is 1. The predicted molar refractivity (Wildman–Crippen MR) is 90.0 cm³/mol. The van der Waals surface area contributed by atoms with Crippen molar-refractivity contribution in [3.8, 4) is 11.5 Å². The number of halogens is 2. The highest BCUT2D eigenvalue weighted by Gasteiger charge is 2.16. The minimum absolute atomic E-state index is 0.0549. The number of phenolic OH excluding ortho intramolecular Hbond substituents is 1. The summed E-state index contributed by atoms with van der Waals surface area (Å²) in [5.74, 6) is -1.26. The van der Waals surface area contributed by atoms with Gasteiger partial charge in [0.15, 0.2) is 12.4 Å². The van der Waals surface area contributed by atoms with Gasteiger partial charge in [0.1, 0.15) is 11.3 Å². The number of carbonyl (C=O) groups excluding carboxylic acids is 2. The Morgan fingerprint density at radius 3 is 2.58 bits per heavy atom. The van der Waals surface area contributed by atoms with Crippen LogP contribution < -0.4 is 10.1 Å². The first-order valence-electron chi connectivity index (χ1n) is 6.70. The van der Waals surface area contributed by atoms with E-state index in [1.54, 1.807) is 12.1 Å². The standard InChI is InChI=1S/C16H13Cl2NO5/c1-23-16(22)10-3-2-4-13(15(10)21)19-14(20)8-24-9-5-6-11(17)12(18)7-9/h2-7,21H,8H2,1H3,(H,19,20). The van der Waals surface area contributed by atoms with E-state index in [1.165, 1.54) is 31.4 Å². The van der Waals surface area contributed by atoms with Gasteiger partial charge >= 0.3 is 5.97 Å². The first-order valence-corrected chi connectivity index (χ1v) is 7.46. The molecule has 0 atom stereocenters. The lowest BCUT2D eigenvalue weighted by Crippen LogP contribution is -2.20. The second-order valence-electron chi connectivity index (χ2n) is 4.61. The maximum atomic E-state index is 11.9. The Morgan fingerprint density at radius 1 is 1.17 bits per heavy atom. The summed E-state index contributed by atoms with van der Waals surface area (Å²) in [6.07, 6.45) is 0. The lowest BCUT2D eigenvalue weighted by Gasteiger charge is -2.11. The number of ether oxygens (including phenoxy) is 2. The molecule has 2 aromatic carbocycles. The Hall–Kier alpha value is -2.44. The van der Waals surface area contributed by atoms with Crippen LogP contribution in [-0.4, -0.2) is 30.7 Å². The minimum atomic E-state index is -0.712. The van der Waals surface area contributed by atoms with Crippen LogP contribution in [0.2, 0.25) is 10.0 Å². The molecule has 0 saturated heterocycles. The number of nitrogens with one attached hydrogen (secondary N) is 1. The highest BCUT2D eigenvalue weighted by molar-refractivity contribution is 6.42. The largest absolute Gasteiger partial charge is 0.505 e. The summed E-state index contributed by atoms with van der Waals surface area (Å²) in [5, 5.41) is 13.1. The Kier molecular flexibility index (Phi) is 5.89. The fourth-order valence-corrected chi connectivity index (χ4v) is 2.11. The number of methoxy groups -OCH3 is 1. The number of rotatable bonds is 5. The van der Waals surface area contributed by atoms with E-state index in [2.05, 4.69) is 10.1 Å². The summed E-state index contributed by atoms with van der Waals surface area (Å²) in [6, 6.07) is 8.91. The molecule has 2 aromatic rings. The third-order valence-electron chi connectivity index (χ3n) is 2.98. The van der Waals surface area contributed by atoms with Gasteiger partial charge in [-0.1, -0.05) is 29.3 Å². The van der Waals surface area contributed by atoms with Crippen LogP contribution in [0, 0.1) is 0 Å². The Labute approximate surface area is 147 Å². The van der Waals surface area contributed by atoms with E-state index in [0.29, 0.717) is 15.8 Å². The summed E-state index contributed by atoms with van der Waals surface area (Å²) in [6.45, 7) is -0.320. The highest BCUT2D eigenvalue weighted by Crippen LogP contribution is 2.28. The van der Waals surface area contributed by atoms with Crippen molar-refractivity contribution in [2.24, 2.45) is 0 Å². The van der Waals surface area contributed by atoms with Gasteiger partial charge in [-0.15, -0.1) is 0 Å². The fraction of sp³-hybridized carbons (Fsp3) is 0.125. The van der Waals surface area contributed by atoms with Gasteiger partial charge in [0.2, 0.25) is 0 Å². The summed E-state index contributed by atoms with van der Waals surface area (Å²) >= 11 is 11.6. The summed E-state index contributed by atoms with van der Waals surface area (Å²) < 4.78 is 9.83. The minimum Gasteiger partial charge on any atom is -0.505 e. The molecule has 0 bridgehead atoms. The topological polar surface area (TPSA) is 84.9 Å². The van der Waals surface area contributed by atoms with Gasteiger partial charge in [-0.2, -0.15) is 0 Å². The lowest BCUT2D eigenvalue weighted by atomic mass is 10.1. The number of amides is 1. The molecule has 0 heterocycles. The maximum absolute atomic E-state index is 11.9. The van der Waals surface area contributed by atoms with Crippen molar-refractivity contribution in [2.75, 3.05) is 19.0 Å². The van der Waals surface area contributed by atoms with Gasteiger partial charge in [0.25, 0.3) is 5.91 Å². The van der Waals surface area contributed by atoms with Crippen LogP contribution in [0.15, 0.2) is 36.4 Å². The number of benzene rings is 2. The van der Waals surface area contributed by atoms with E-state index in [9.17, 15) is 14.7 Å². The van der Waals surface area contributed by atoms with Crippen molar-refractivity contribution >= 4 is 40.8 Å². The van der Waals surface area contributed by atoms with Crippen molar-refractivity contribution in [3.63, 3.8) is 0 Å². The van der Waals surface area contributed by atoms with Gasteiger partial charge in [0, 0.05) is 6.07 Å². The van der Waals surface area contributed by atoms with Crippen LogP contribution in [0.4, 0.5) is 5.69 Å². The molecule has 1 amide bonds. The van der Waals surface area contributed by atoms with Crippen LogP contribution in [0.5, 0.6) is 11.5 Å². The quantitative estimate of drug-likeness (QED) is 0.622. The van der Waals surface area contributed by atoms with Crippen LogP contribution >= 0.6 is 23.2 Å². The number of esters is 1. The van der Waals surface area contributed by atoms with Crippen molar-refractivity contribution in [2.45, 2.75) is 0 Å². The average Bonchev–Trinajstić information content (AvgIpc) is 2.57. The first kappa shape index (κ1) is 17.9. The van der Waals surface area contributed by atoms with Crippen molar-refractivity contribution < 1.29 is 24.2 Å². The van der Waals surface area contributed by atoms with Crippen LogP contribution in [0.1, 0.15) is 10.4 Å². The Bertz CT molecular complexity index is 779. The number of para-hydroxylation sites is 1. The van der Waals surface area contributed by atoms with E-state index in [0.717, 1.165) is 0 Å². The molecule has 8 heteroatoms. The van der Waals surface area contributed by atoms with E-state index < -0.39 is 11.9 Å². The molecule has 0 saturated carbocycles. The second-order valence-corrected chi connectivity index (χ2v) is 5.42. The van der Waals surface area contributed by atoms with E-state index in [-0.39, 0.29) is 23.6 Å². The monoisotopic (exact) mass is 369 g/mol. The van der Waals surface area contributed by atoms with Gasteiger partial charge < -0.3 is 19.9 Å². The molecule has 0 aromatic heterocycles. The zero-order chi connectivity index (χ0) is 17.7. The molecule has 126 valence electrons. The fourth-order valence-electron chi connectivity index (χ4n) is 1.82. The SMILES string of the molecule is COC(=O)c1cccc(NC(=O)COc2ccc(Cl)c(Cl)c2)c1O. The third kappa shape index (κ3) is 4.31. The second kappa shape index (κ2) is 7.90. The van der Waals surface area contributed by atoms with Crippen LogP contribution in [-0.2, 0) is 9.53 Å². The van der Waals surface area contributed by atoms with Crippen molar-refractivity contribution in [3.05, 3.63) is 52.0 Å². The molecule has 0 spiro atoms. The molecule has 0 aliphatic carbocycles. The normalized spacial score (nSPS) is 10.1. The molecule has 2 N–H and O–H groups in total. The summed E-state index contributed by atoms with van der Waals surface area (Å²) in [7, 11) is 1.19. The Balaban J connectivity index is 2.02. The molecule has 0 fully saturated rings. The third-order valence-corrected chi connectivity index (χ3v) is 3.72. The molecule has 0 aliphatic rings. The van der Waals surface area contributed by atoms with Gasteiger partial charge in [-0.05, 0) is 24.3 Å². The molecule has 2 rings (SSSR count). The zero-order valence-corrected chi connectivity index (χ0v) is 14.0. The van der Waals surface area contributed by atoms with E-state index in [4.69, 9.17) is 27.9 Å². The Morgan fingerprint density at radius 2 is 1.92 bits per heavy atom. The molecule has 0 radical (unpaired) electrons. The number of anilines is 1. The summed E-state index contributed by atoms with van der Waals surface area (Å²) in [5.41, 5.74) is 0.0151. The average molecular weight is 370 g/mol. The number of hydrogen-bond donors (Lipinski definition) is 2. The summed E-state index contributed by atoms with van der Waals surface area (Å²) in [4.78, 5) is 23.4. The molecular formula is C16H13Cl2NO5. The van der Waals surface area contributed by atoms with Crippen molar-refractivity contribution in [1.82, 2.24) is 0 Å². The smallest absolute Gasteiger partial charge is 0.341 e. The molecular weight excluding hydrogens is 357 g/mol. The van der Waals surface area contributed by atoms with Gasteiger partial charge in [-0.3, -0.25) is 4.79 Å². The zero-order valence-electron chi connectivity index (χ0n) is 12.5. The number of carbonyl (C=O) groups is 2. The predicted octanol–water partition coefficient (Wildman–Crippen LogP) is 3.50. The van der Waals surface area contributed by atoms with Gasteiger partial charge in [0.05, 0.1) is 22.8 Å².